The van der Waals surface area contributed by atoms with Crippen LogP contribution in [0.25, 0.3) is 0 Å². The first-order valence-corrected chi connectivity index (χ1v) is 8.16. The average Bonchev–Trinajstić information content (AvgIpc) is 2.44. The van der Waals surface area contributed by atoms with Crippen LogP contribution in [0.3, 0.4) is 0 Å². The monoisotopic (exact) mass is 338 g/mol. The summed E-state index contributed by atoms with van der Waals surface area (Å²) in [5.41, 5.74) is 1.22. The lowest BCUT2D eigenvalue weighted by atomic mass is 9.95. The van der Waals surface area contributed by atoms with E-state index in [4.69, 9.17) is 0 Å². The van der Waals surface area contributed by atoms with Gasteiger partial charge >= 0.3 is 0 Å². The maximum absolute atomic E-state index is 12.7. The molecular weight excluding hydrogens is 316 g/mol. The molecule has 0 saturated carbocycles. The zero-order chi connectivity index (χ0) is 14.5. The second kappa shape index (κ2) is 7.23. The molecule has 1 N–H and O–H groups in total. The first-order valence-electron chi connectivity index (χ1n) is 7.36. The van der Waals surface area contributed by atoms with Gasteiger partial charge in [-0.1, -0.05) is 35.0 Å². The van der Waals surface area contributed by atoms with Crippen LogP contribution in [0, 0.1) is 5.92 Å². The van der Waals surface area contributed by atoms with Crippen molar-refractivity contribution in [1.29, 1.82) is 0 Å². The van der Waals surface area contributed by atoms with Crippen LogP contribution in [0.1, 0.15) is 25.8 Å². The van der Waals surface area contributed by atoms with Crippen LogP contribution in [0.5, 0.6) is 0 Å². The lowest BCUT2D eigenvalue weighted by molar-refractivity contribution is -0.136. The molecule has 1 fully saturated rings. The average molecular weight is 339 g/mol. The normalized spacial score (nSPS) is 20.8. The molecule has 0 bridgehead atoms. The van der Waals surface area contributed by atoms with Crippen molar-refractivity contribution in [3.8, 4) is 0 Å². The molecule has 0 aliphatic carbocycles. The molecule has 1 heterocycles. The number of piperazine rings is 1. The fraction of sp³-hybridized carbons (Fsp3) is 0.562. The second-order valence-corrected chi connectivity index (χ2v) is 6.49. The predicted octanol–water partition coefficient (Wildman–Crippen LogP) is 2.84. The molecule has 1 aliphatic rings. The second-order valence-electron chi connectivity index (χ2n) is 5.58. The van der Waals surface area contributed by atoms with Crippen molar-refractivity contribution < 1.29 is 4.79 Å². The van der Waals surface area contributed by atoms with E-state index in [1.54, 1.807) is 0 Å². The fourth-order valence-electron chi connectivity index (χ4n) is 2.75. The summed E-state index contributed by atoms with van der Waals surface area (Å²) in [5, 5.41) is 3.38. The van der Waals surface area contributed by atoms with Gasteiger partial charge < -0.3 is 10.2 Å². The topological polar surface area (TPSA) is 32.3 Å². The van der Waals surface area contributed by atoms with E-state index in [1.807, 2.05) is 17.0 Å². The molecular formula is C16H23BrN2O. The molecule has 2 atom stereocenters. The van der Waals surface area contributed by atoms with Gasteiger partial charge in [-0.3, -0.25) is 4.79 Å². The van der Waals surface area contributed by atoms with Crippen molar-refractivity contribution in [2.75, 3.05) is 19.6 Å². The highest BCUT2D eigenvalue weighted by Crippen LogP contribution is 2.19. The molecule has 4 heteroatoms. The van der Waals surface area contributed by atoms with Gasteiger partial charge in [-0.25, -0.2) is 0 Å². The Morgan fingerprint density at radius 2 is 2.35 bits per heavy atom. The van der Waals surface area contributed by atoms with Crippen LogP contribution in [0.2, 0.25) is 0 Å². The van der Waals surface area contributed by atoms with Gasteiger partial charge in [0.25, 0.3) is 0 Å². The molecule has 2 rings (SSSR count). The van der Waals surface area contributed by atoms with E-state index >= 15 is 0 Å². The number of nitrogens with one attached hydrogen (secondary N) is 1. The number of carbonyl (C=O) groups excluding carboxylic acids is 1. The Hall–Kier alpha value is -0.870. The first-order chi connectivity index (χ1) is 9.60. The van der Waals surface area contributed by atoms with E-state index in [-0.39, 0.29) is 5.92 Å². The third-order valence-corrected chi connectivity index (χ3v) is 4.39. The molecule has 0 spiro atoms. The summed E-state index contributed by atoms with van der Waals surface area (Å²) in [6.07, 6.45) is 1.72. The van der Waals surface area contributed by atoms with E-state index in [0.29, 0.717) is 11.9 Å². The van der Waals surface area contributed by atoms with Crippen LogP contribution < -0.4 is 5.32 Å². The molecule has 1 amide bonds. The van der Waals surface area contributed by atoms with Crippen LogP contribution in [0.4, 0.5) is 0 Å². The summed E-state index contributed by atoms with van der Waals surface area (Å²) in [6.45, 7) is 6.80. The molecule has 3 nitrogen and oxygen atoms in total. The summed E-state index contributed by atoms with van der Waals surface area (Å²) in [6, 6.07) is 8.65. The fourth-order valence-corrected chi connectivity index (χ4v) is 3.19. The Morgan fingerprint density at radius 3 is 3.00 bits per heavy atom. The Labute approximate surface area is 129 Å². The quantitative estimate of drug-likeness (QED) is 0.915. The molecule has 1 aromatic carbocycles. The van der Waals surface area contributed by atoms with E-state index in [1.165, 1.54) is 5.56 Å². The number of benzene rings is 1. The Kier molecular flexibility index (Phi) is 5.61. The number of hydrogen-bond donors (Lipinski definition) is 1. The highest BCUT2D eigenvalue weighted by atomic mass is 79.9. The Morgan fingerprint density at radius 1 is 1.55 bits per heavy atom. The Balaban J connectivity index is 2.02. The van der Waals surface area contributed by atoms with Crippen molar-refractivity contribution in [2.45, 2.75) is 32.7 Å². The molecule has 2 unspecified atom stereocenters. The molecule has 0 aromatic heterocycles. The molecule has 0 radical (unpaired) electrons. The smallest absolute Gasteiger partial charge is 0.226 e. The minimum atomic E-state index is 0.0922. The highest BCUT2D eigenvalue weighted by Gasteiger charge is 2.26. The van der Waals surface area contributed by atoms with Gasteiger partial charge in [0.1, 0.15) is 0 Å². The van der Waals surface area contributed by atoms with Crippen molar-refractivity contribution in [3.63, 3.8) is 0 Å². The van der Waals surface area contributed by atoms with Gasteiger partial charge in [0.05, 0.1) is 0 Å². The van der Waals surface area contributed by atoms with E-state index in [9.17, 15) is 4.79 Å². The lowest BCUT2D eigenvalue weighted by Gasteiger charge is -2.34. The first kappa shape index (κ1) is 15.5. The Bertz CT molecular complexity index is 464. The third kappa shape index (κ3) is 4.06. The minimum Gasteiger partial charge on any atom is -0.340 e. The van der Waals surface area contributed by atoms with Crippen LogP contribution in [-0.4, -0.2) is 36.5 Å². The van der Waals surface area contributed by atoms with E-state index in [2.05, 4.69) is 47.2 Å². The van der Waals surface area contributed by atoms with Gasteiger partial charge in [-0.15, -0.1) is 0 Å². The summed E-state index contributed by atoms with van der Waals surface area (Å²) >= 11 is 3.49. The van der Waals surface area contributed by atoms with Crippen molar-refractivity contribution in [3.05, 3.63) is 34.3 Å². The van der Waals surface area contributed by atoms with E-state index in [0.717, 1.165) is 36.9 Å². The SMILES string of the molecule is CCC(Cc1cccc(Br)c1)C(=O)N1CCNC(C)C1. The third-order valence-electron chi connectivity index (χ3n) is 3.89. The molecule has 20 heavy (non-hydrogen) atoms. The lowest BCUT2D eigenvalue weighted by Crippen LogP contribution is -2.52. The van der Waals surface area contributed by atoms with Crippen molar-refractivity contribution in [2.24, 2.45) is 5.92 Å². The summed E-state index contributed by atoms with van der Waals surface area (Å²) in [5.74, 6) is 0.399. The van der Waals surface area contributed by atoms with Gasteiger partial charge in [0.15, 0.2) is 0 Å². The zero-order valence-electron chi connectivity index (χ0n) is 12.2. The molecule has 110 valence electrons. The minimum absolute atomic E-state index is 0.0922. The highest BCUT2D eigenvalue weighted by molar-refractivity contribution is 9.10. The van der Waals surface area contributed by atoms with Gasteiger partial charge in [0.2, 0.25) is 5.91 Å². The van der Waals surface area contributed by atoms with Crippen molar-refractivity contribution >= 4 is 21.8 Å². The van der Waals surface area contributed by atoms with E-state index < -0.39 is 0 Å². The van der Waals surface area contributed by atoms with Crippen LogP contribution in [0.15, 0.2) is 28.7 Å². The van der Waals surface area contributed by atoms with Gasteiger partial charge in [-0.05, 0) is 37.5 Å². The number of halogens is 1. The predicted molar refractivity (Wildman–Crippen MR) is 85.7 cm³/mol. The summed E-state index contributed by atoms with van der Waals surface area (Å²) in [4.78, 5) is 14.7. The van der Waals surface area contributed by atoms with Gasteiger partial charge in [-0.2, -0.15) is 0 Å². The number of hydrogen-bond acceptors (Lipinski definition) is 2. The maximum atomic E-state index is 12.7. The number of nitrogens with zero attached hydrogens (tertiary/aromatic N) is 1. The molecule has 1 aliphatic heterocycles. The zero-order valence-corrected chi connectivity index (χ0v) is 13.8. The number of amides is 1. The molecule has 1 aromatic rings. The molecule has 1 saturated heterocycles. The largest absolute Gasteiger partial charge is 0.340 e. The van der Waals surface area contributed by atoms with Crippen LogP contribution in [-0.2, 0) is 11.2 Å². The van der Waals surface area contributed by atoms with Gasteiger partial charge in [0, 0.05) is 36.1 Å². The standard InChI is InChI=1S/C16H23BrN2O/c1-3-14(9-13-5-4-6-15(17)10-13)16(20)19-8-7-18-12(2)11-19/h4-6,10,12,14,18H,3,7-9,11H2,1-2H3. The number of carbonyl (C=O) groups is 1. The maximum Gasteiger partial charge on any atom is 0.226 e. The number of rotatable bonds is 4. The summed E-state index contributed by atoms with van der Waals surface area (Å²) < 4.78 is 1.08. The van der Waals surface area contributed by atoms with Crippen molar-refractivity contribution in [1.82, 2.24) is 10.2 Å². The van der Waals surface area contributed by atoms with Crippen LogP contribution >= 0.6 is 15.9 Å². The summed E-state index contributed by atoms with van der Waals surface area (Å²) in [7, 11) is 0.